The van der Waals surface area contributed by atoms with Crippen molar-refractivity contribution in [3.63, 3.8) is 0 Å². The fourth-order valence-electron chi connectivity index (χ4n) is 1.32. The monoisotopic (exact) mass is 278 g/mol. The van der Waals surface area contributed by atoms with Crippen LogP contribution in [0.2, 0.25) is 5.02 Å². The molecule has 0 bridgehead atoms. The van der Waals surface area contributed by atoms with E-state index < -0.39 is 18.8 Å². The van der Waals surface area contributed by atoms with Crippen molar-refractivity contribution in [3.05, 3.63) is 28.8 Å². The van der Waals surface area contributed by atoms with Crippen LogP contribution in [0.25, 0.3) is 0 Å². The Morgan fingerprint density at radius 2 is 2.17 bits per heavy atom. The molecular formula is C11H10ClF3N2O. The third kappa shape index (κ3) is 4.09. The fourth-order valence-corrected chi connectivity index (χ4v) is 1.58. The van der Waals surface area contributed by atoms with Gasteiger partial charge in [0, 0.05) is 0 Å². The highest BCUT2D eigenvalue weighted by atomic mass is 35.5. The standard InChI is InChI=1S/C11H10ClF3N2O/c1-18-10-3-2-7(4-8(10)12)9(5-16)17-6-11(13,14)15/h2-4,9,17H,6H2,1H3. The zero-order valence-corrected chi connectivity index (χ0v) is 10.1. The molecule has 7 heteroatoms. The van der Waals surface area contributed by atoms with E-state index in [1.807, 2.05) is 0 Å². The van der Waals surface area contributed by atoms with Crippen molar-refractivity contribution in [1.29, 1.82) is 5.26 Å². The number of methoxy groups -OCH3 is 1. The van der Waals surface area contributed by atoms with Gasteiger partial charge >= 0.3 is 6.18 Å². The highest BCUT2D eigenvalue weighted by Crippen LogP contribution is 2.27. The number of nitrogens with zero attached hydrogens (tertiary/aromatic N) is 1. The molecule has 0 aliphatic heterocycles. The summed E-state index contributed by atoms with van der Waals surface area (Å²) in [5.41, 5.74) is 0.354. The molecule has 1 unspecified atom stereocenters. The summed E-state index contributed by atoms with van der Waals surface area (Å²) in [4.78, 5) is 0. The summed E-state index contributed by atoms with van der Waals surface area (Å²) in [7, 11) is 1.42. The molecule has 0 spiro atoms. The van der Waals surface area contributed by atoms with E-state index >= 15 is 0 Å². The van der Waals surface area contributed by atoms with Gasteiger partial charge in [-0.3, -0.25) is 5.32 Å². The Bertz CT molecular complexity index is 457. The molecule has 0 aliphatic carbocycles. The number of alkyl halides is 3. The number of halogens is 4. The van der Waals surface area contributed by atoms with Crippen LogP contribution in [0, 0.1) is 11.3 Å². The van der Waals surface area contributed by atoms with E-state index in [9.17, 15) is 13.2 Å². The van der Waals surface area contributed by atoms with E-state index in [1.54, 1.807) is 6.07 Å². The van der Waals surface area contributed by atoms with Crippen LogP contribution in [0.5, 0.6) is 5.75 Å². The van der Waals surface area contributed by atoms with Gasteiger partial charge in [-0.25, -0.2) is 0 Å². The zero-order valence-electron chi connectivity index (χ0n) is 9.38. The lowest BCUT2D eigenvalue weighted by atomic mass is 10.1. The van der Waals surface area contributed by atoms with Gasteiger partial charge in [0.1, 0.15) is 11.8 Å². The maximum absolute atomic E-state index is 12.0. The average Bonchev–Trinajstić information content (AvgIpc) is 2.28. The molecule has 0 aromatic heterocycles. The molecule has 1 N–H and O–H groups in total. The van der Waals surface area contributed by atoms with E-state index in [4.69, 9.17) is 21.6 Å². The van der Waals surface area contributed by atoms with Gasteiger partial charge < -0.3 is 4.74 Å². The fraction of sp³-hybridized carbons (Fsp3) is 0.364. The number of hydrogen-bond donors (Lipinski definition) is 1. The van der Waals surface area contributed by atoms with E-state index in [0.717, 1.165) is 0 Å². The number of nitriles is 1. The summed E-state index contributed by atoms with van der Waals surface area (Å²) in [6.45, 7) is -1.24. The van der Waals surface area contributed by atoms with E-state index in [2.05, 4.69) is 5.32 Å². The quantitative estimate of drug-likeness (QED) is 0.921. The van der Waals surface area contributed by atoms with Crippen LogP contribution < -0.4 is 10.1 Å². The van der Waals surface area contributed by atoms with E-state index in [1.165, 1.54) is 25.3 Å². The van der Waals surface area contributed by atoms with Crippen molar-refractivity contribution in [2.45, 2.75) is 12.2 Å². The summed E-state index contributed by atoms with van der Waals surface area (Å²) in [5, 5.41) is 11.2. The van der Waals surface area contributed by atoms with Crippen molar-refractivity contribution in [2.75, 3.05) is 13.7 Å². The first-order valence-electron chi connectivity index (χ1n) is 4.90. The largest absolute Gasteiger partial charge is 0.495 e. The van der Waals surface area contributed by atoms with Gasteiger partial charge in [0.25, 0.3) is 0 Å². The predicted octanol–water partition coefficient (Wildman–Crippen LogP) is 3.07. The molecule has 0 heterocycles. The Morgan fingerprint density at radius 3 is 2.61 bits per heavy atom. The molecular weight excluding hydrogens is 269 g/mol. The molecule has 0 aliphatic rings. The second kappa shape index (κ2) is 5.94. The van der Waals surface area contributed by atoms with Crippen LogP contribution in [-0.4, -0.2) is 19.8 Å². The van der Waals surface area contributed by atoms with Crippen molar-refractivity contribution in [3.8, 4) is 11.8 Å². The normalized spacial score (nSPS) is 12.9. The second-order valence-corrected chi connectivity index (χ2v) is 3.86. The van der Waals surface area contributed by atoms with E-state index in [0.29, 0.717) is 11.3 Å². The molecule has 1 aromatic carbocycles. The van der Waals surface area contributed by atoms with E-state index in [-0.39, 0.29) is 5.02 Å². The van der Waals surface area contributed by atoms with Gasteiger partial charge in [-0.05, 0) is 17.7 Å². The number of benzene rings is 1. The van der Waals surface area contributed by atoms with Crippen LogP contribution in [0.4, 0.5) is 13.2 Å². The van der Waals surface area contributed by atoms with Crippen LogP contribution in [0.3, 0.4) is 0 Å². The number of nitrogens with one attached hydrogen (secondary N) is 1. The molecule has 1 atom stereocenters. The van der Waals surface area contributed by atoms with Gasteiger partial charge in [-0.1, -0.05) is 17.7 Å². The molecule has 0 radical (unpaired) electrons. The zero-order chi connectivity index (χ0) is 13.8. The van der Waals surface area contributed by atoms with Crippen LogP contribution in [0.1, 0.15) is 11.6 Å². The first kappa shape index (κ1) is 14.6. The molecule has 1 aromatic rings. The molecule has 18 heavy (non-hydrogen) atoms. The Morgan fingerprint density at radius 1 is 1.50 bits per heavy atom. The van der Waals surface area contributed by atoms with Crippen LogP contribution in [0.15, 0.2) is 18.2 Å². The third-order valence-corrected chi connectivity index (χ3v) is 2.44. The molecule has 0 saturated carbocycles. The van der Waals surface area contributed by atoms with Crippen molar-refractivity contribution >= 4 is 11.6 Å². The minimum Gasteiger partial charge on any atom is -0.495 e. The molecule has 1 rings (SSSR count). The first-order valence-corrected chi connectivity index (χ1v) is 5.28. The predicted molar refractivity (Wildman–Crippen MR) is 60.4 cm³/mol. The Kier molecular flexibility index (Phi) is 4.82. The van der Waals surface area contributed by atoms with Crippen LogP contribution in [-0.2, 0) is 0 Å². The topological polar surface area (TPSA) is 45.0 Å². The maximum atomic E-state index is 12.0. The lowest BCUT2D eigenvalue weighted by molar-refractivity contribution is -0.125. The van der Waals surface area contributed by atoms with Crippen molar-refractivity contribution in [1.82, 2.24) is 5.32 Å². The average molecular weight is 279 g/mol. The molecule has 0 fully saturated rings. The van der Waals surface area contributed by atoms with Gasteiger partial charge in [-0.15, -0.1) is 0 Å². The summed E-state index contributed by atoms with van der Waals surface area (Å²) in [6, 6.07) is 5.06. The lowest BCUT2D eigenvalue weighted by Gasteiger charge is -2.14. The van der Waals surface area contributed by atoms with Gasteiger partial charge in [0.15, 0.2) is 0 Å². The number of hydrogen-bond acceptors (Lipinski definition) is 3. The van der Waals surface area contributed by atoms with Crippen LogP contribution >= 0.6 is 11.6 Å². The molecule has 3 nitrogen and oxygen atoms in total. The Balaban J connectivity index is 2.83. The smallest absolute Gasteiger partial charge is 0.401 e. The van der Waals surface area contributed by atoms with Crippen molar-refractivity contribution in [2.24, 2.45) is 0 Å². The molecule has 0 amide bonds. The minimum absolute atomic E-state index is 0.240. The first-order chi connectivity index (χ1) is 8.37. The molecule has 98 valence electrons. The highest BCUT2D eigenvalue weighted by molar-refractivity contribution is 6.32. The minimum atomic E-state index is -4.37. The van der Waals surface area contributed by atoms with Gasteiger partial charge in [0.2, 0.25) is 0 Å². The lowest BCUT2D eigenvalue weighted by Crippen LogP contribution is -2.31. The second-order valence-electron chi connectivity index (χ2n) is 3.45. The van der Waals surface area contributed by atoms with Gasteiger partial charge in [-0.2, -0.15) is 18.4 Å². The summed E-state index contributed by atoms with van der Waals surface area (Å²) in [6.07, 6.45) is -4.37. The van der Waals surface area contributed by atoms with Crippen molar-refractivity contribution < 1.29 is 17.9 Å². The maximum Gasteiger partial charge on any atom is 0.401 e. The highest BCUT2D eigenvalue weighted by Gasteiger charge is 2.28. The molecule has 0 saturated heterocycles. The third-order valence-electron chi connectivity index (χ3n) is 2.14. The summed E-state index contributed by atoms with van der Waals surface area (Å²) in [5.74, 6) is 0.396. The Labute approximate surface area is 107 Å². The SMILES string of the molecule is COc1ccc(C(C#N)NCC(F)(F)F)cc1Cl. The number of ether oxygens (including phenoxy) is 1. The summed E-state index contributed by atoms with van der Waals surface area (Å²) >= 11 is 5.84. The number of rotatable bonds is 4. The van der Waals surface area contributed by atoms with Gasteiger partial charge in [0.05, 0.1) is 24.7 Å². The summed E-state index contributed by atoms with van der Waals surface area (Å²) < 4.78 is 41.1. The Hall–Kier alpha value is -1.45.